The third kappa shape index (κ3) is 450. The molecule has 0 aromatic heterocycles. The van der Waals surface area contributed by atoms with E-state index in [1.165, 1.54) is 23.7 Å². The largest absolute Gasteiger partial charge is 0.323 e. The Labute approximate surface area is 650 Å². The van der Waals surface area contributed by atoms with Crippen molar-refractivity contribution in [3.8, 4) is 0 Å². The molecule has 0 amide bonds. The zero-order valence-electron chi connectivity index (χ0n) is 23.2. The molecule has 0 N–H and O–H groups in total. The van der Waals surface area contributed by atoms with Crippen LogP contribution in [0.3, 0.4) is 0 Å². The first-order valence-corrected chi connectivity index (χ1v) is 6.00. The molecule has 37 heavy (non-hydrogen) atoms. The summed E-state index contributed by atoms with van der Waals surface area (Å²) in [4.78, 5) is 0. The van der Waals surface area contributed by atoms with Gasteiger partial charge < -0.3 is 23.7 Å². The van der Waals surface area contributed by atoms with E-state index in [9.17, 15) is 0 Å². The molecule has 0 saturated heterocycles. The van der Waals surface area contributed by atoms with E-state index in [0.717, 1.165) is 0 Å². The van der Waals surface area contributed by atoms with Crippen molar-refractivity contribution in [1.82, 2.24) is 0 Å². The molecule has 0 atom stereocenters. The number of rotatable bonds is 0. The normalized spacial score (nSPS) is 3.89. The van der Waals surface area contributed by atoms with E-state index >= 15 is 0 Å². The van der Waals surface area contributed by atoms with Crippen LogP contribution in [0, 0.1) is 210 Å². The molecule has 10 radical (unpaired) electrons. The van der Waals surface area contributed by atoms with Gasteiger partial charge in [0, 0.05) is 535 Å². The Morgan fingerprint density at radius 2 is 0.216 bits per heavy atom. The number of hydrogen-bond acceptors (Lipinski definition) is 0. The van der Waals surface area contributed by atoms with Gasteiger partial charge in [-0.3, -0.25) is 0 Å². The van der Waals surface area contributed by atoms with E-state index < -0.39 is 0 Å². The van der Waals surface area contributed by atoms with Crippen molar-refractivity contribution in [3.63, 3.8) is 0 Å². The minimum Gasteiger partial charge on any atom is -0.323 e. The molecule has 0 fully saturated rings. The van der Waals surface area contributed by atoms with Crippen LogP contribution in [0.4, 0.5) is 0 Å². The van der Waals surface area contributed by atoms with Crippen molar-refractivity contribution in [2.45, 2.75) is 113 Å². The van der Waals surface area contributed by atoms with Gasteiger partial charge in [-0.25, -0.2) is 0 Å². The quantitative estimate of drug-likeness (QED) is 0.213. The molecule has 0 aliphatic heterocycles. The maximum atomic E-state index is 2.08. The van der Waals surface area contributed by atoms with Crippen molar-refractivity contribution in [1.29, 1.82) is 0 Å². The van der Waals surface area contributed by atoms with E-state index in [1.54, 1.807) is 0 Å². The van der Waals surface area contributed by atoms with Crippen LogP contribution >= 0.6 is 0 Å². The summed E-state index contributed by atoms with van der Waals surface area (Å²) in [6.07, 6.45) is 0. The van der Waals surface area contributed by atoms with Crippen LogP contribution in [-0.2, 0) is 348 Å². The van der Waals surface area contributed by atoms with E-state index in [4.69, 9.17) is 0 Å². The molecule has 0 rings (SSSR count). The standard InChI is InChI=1S/4C4H9.4CH4.6U.W.10Y/c4*1-4(2)3;;;;;;;;;;;;;;;;;;;;;/h4*1-3H3;4*1H4;;;;;;;;;;;;;;;;;/q4*-1;;;;;;;;;;;;;;;;;;;;;. The van der Waals surface area contributed by atoms with Gasteiger partial charge in [-0.1, -0.05) is 29.7 Å². The summed E-state index contributed by atoms with van der Waals surface area (Å²) in [5, 5.41) is 0. The summed E-state index contributed by atoms with van der Waals surface area (Å²) in [7, 11) is 0. The maximum Gasteiger partial charge on any atom is 0 e. The molecular formula is C20H52U6WY10-4. The summed E-state index contributed by atoms with van der Waals surface area (Å²) >= 11 is 0. The minimum atomic E-state index is 0. The van der Waals surface area contributed by atoms with Crippen molar-refractivity contribution >= 4 is 0 Å². The molecule has 0 aromatic carbocycles. The summed E-state index contributed by atoms with van der Waals surface area (Å²) in [6.45, 7) is 25.0. The van der Waals surface area contributed by atoms with Gasteiger partial charge in [-0.2, -0.15) is 83.1 Å². The van der Waals surface area contributed by atoms with Gasteiger partial charge in [0.1, 0.15) is 0 Å². The molecule has 0 spiro atoms. The van der Waals surface area contributed by atoms with Crippen molar-refractivity contribution in [2.24, 2.45) is 0 Å². The summed E-state index contributed by atoms with van der Waals surface area (Å²) in [5.41, 5.74) is 0. The summed E-state index contributed by atoms with van der Waals surface area (Å²) in [5.74, 6) is 5.67. The Morgan fingerprint density at radius 3 is 0.216 bits per heavy atom. The predicted octanol–water partition coefficient (Wildman–Crippen LogP) is 9.00. The molecule has 0 heterocycles. The van der Waals surface area contributed by atoms with Crippen LogP contribution in [0.15, 0.2) is 0 Å². The van der Waals surface area contributed by atoms with Gasteiger partial charge in [-0.05, 0) is 0 Å². The fourth-order valence-corrected chi connectivity index (χ4v) is 0. The first-order valence-electron chi connectivity index (χ1n) is 6.00. The van der Waals surface area contributed by atoms with Crippen LogP contribution in [-0.4, -0.2) is 0 Å². The molecule has 0 aliphatic carbocycles. The predicted molar refractivity (Wildman–Crippen MR) is 108 cm³/mol. The number of hydrogen-bond donors (Lipinski definition) is 0. The van der Waals surface area contributed by atoms with Gasteiger partial charge in [0.2, 0.25) is 0 Å². The first kappa shape index (κ1) is 178. The van der Waals surface area contributed by atoms with Crippen LogP contribution in [0.1, 0.15) is 113 Å². The van der Waals surface area contributed by atoms with Crippen LogP contribution in [0.25, 0.3) is 0 Å². The fraction of sp³-hybridized carbons (Fsp3) is 0.800. The Morgan fingerprint density at radius 1 is 0.216 bits per heavy atom. The topological polar surface area (TPSA) is 0 Å². The van der Waals surface area contributed by atoms with E-state index in [2.05, 4.69) is 83.1 Å². The Hall–Kier alpha value is 18.0. The first-order chi connectivity index (χ1) is 6.93. The Kier molecular flexibility index (Phi) is 811. The van der Waals surface area contributed by atoms with E-state index in [-0.39, 0.29) is 565 Å². The summed E-state index contributed by atoms with van der Waals surface area (Å²) in [6, 6.07) is 0. The summed E-state index contributed by atoms with van der Waals surface area (Å²) < 4.78 is 0. The second kappa shape index (κ2) is 168. The molecule has 0 saturated carbocycles. The average Bonchev–Trinajstić information content (AvgIpc) is 1.76. The third-order valence-electron chi connectivity index (χ3n) is 0. The molecule has 17 heteroatoms. The van der Waals surface area contributed by atoms with Gasteiger partial charge in [0.15, 0.2) is 0 Å². The third-order valence-corrected chi connectivity index (χ3v) is 0. The Balaban J connectivity index is -0.00000000190. The zero-order chi connectivity index (χ0) is 14.3. The molecule has 0 aliphatic rings. The molecule has 0 bridgehead atoms. The molecule has 196 valence electrons. The molecular weight excluding hydrogens is 2740 g/mol. The average molecular weight is 2790 g/mol. The second-order valence-electron chi connectivity index (χ2n) is 6.00. The van der Waals surface area contributed by atoms with Gasteiger partial charge in [0.05, 0.1) is 0 Å². The van der Waals surface area contributed by atoms with Gasteiger partial charge in [-0.15, -0.1) is 0 Å². The van der Waals surface area contributed by atoms with Crippen LogP contribution in [0.2, 0.25) is 0 Å². The monoisotopic (exact) mass is 2790 g/mol. The maximum absolute atomic E-state index is 2.08. The molecule has 0 aromatic rings. The van der Waals surface area contributed by atoms with Crippen molar-refractivity contribution in [3.05, 3.63) is 23.7 Å². The minimum absolute atomic E-state index is 0. The second-order valence-corrected chi connectivity index (χ2v) is 6.00. The van der Waals surface area contributed by atoms with E-state index in [1.807, 2.05) is 0 Å². The van der Waals surface area contributed by atoms with Crippen molar-refractivity contribution in [2.75, 3.05) is 0 Å². The molecule has 0 nitrogen and oxygen atoms in total. The van der Waals surface area contributed by atoms with Gasteiger partial charge in [0.25, 0.3) is 0 Å². The smallest absolute Gasteiger partial charge is 0 e. The van der Waals surface area contributed by atoms with E-state index in [0.29, 0.717) is 0 Å². The van der Waals surface area contributed by atoms with Crippen LogP contribution < -0.4 is 0 Å². The Bertz CT molecular complexity index is 101. The fourth-order valence-electron chi connectivity index (χ4n) is 0. The SMILES string of the molecule is C.C.C.C.C[C-](C)C.C[C-](C)C.C[C-](C)C.C[C-](C)C.[U].[U].[U].[U].[U].[U].[W].[Y].[Y].[Y].[Y].[Y].[Y].[Y].[Y].[Y].[Y]. The zero-order valence-corrected chi connectivity index (χ0v) is 79.5. The van der Waals surface area contributed by atoms with Crippen LogP contribution in [0.5, 0.6) is 0 Å². The van der Waals surface area contributed by atoms with Gasteiger partial charge >= 0.3 is 0 Å². The molecule has 0 unspecified atom stereocenters. The van der Waals surface area contributed by atoms with Crippen molar-refractivity contribution < 1.29 is 535 Å².